The van der Waals surface area contributed by atoms with Crippen LogP contribution in [-0.2, 0) is 32.0 Å². The molecule has 14 nitrogen and oxygen atoms in total. The minimum absolute atomic E-state index is 0.0359. The second-order valence-electron chi connectivity index (χ2n) is 16.8. The van der Waals surface area contributed by atoms with E-state index in [0.29, 0.717) is 35.8 Å². The van der Waals surface area contributed by atoms with Crippen molar-refractivity contribution in [3.05, 3.63) is 77.6 Å². The van der Waals surface area contributed by atoms with Gasteiger partial charge in [-0.25, -0.2) is 19.8 Å². The number of nitrogens with zero attached hydrogens (tertiary/aromatic N) is 3. The third-order valence-corrected chi connectivity index (χ3v) is 10.3. The van der Waals surface area contributed by atoms with Gasteiger partial charge in [0.05, 0.1) is 34.7 Å². The molecule has 2 unspecified atom stereocenters. The SMILES string of the molecule is CC(C)C[C@@H](c1nc2ccccc2[nH]1)N(NC(=O)C(Cc1c[nH]cn1)NC(=O)C(N)Cc1ccc(C(=O)OC(C)(C)C)c(N)c1)C(=O)CCCCC1CCCCC1. The average Bonchev–Trinajstić information content (AvgIpc) is 3.84. The molecule has 1 aliphatic carbocycles. The van der Waals surface area contributed by atoms with Crippen LogP contribution < -0.4 is 22.2 Å². The molecule has 2 aromatic carbocycles. The Bertz CT molecular complexity index is 1910. The van der Waals surface area contributed by atoms with E-state index in [2.05, 4.69) is 39.5 Å². The van der Waals surface area contributed by atoms with Crippen LogP contribution in [0.25, 0.3) is 11.0 Å². The van der Waals surface area contributed by atoms with E-state index in [-0.39, 0.29) is 42.3 Å². The monoisotopic (exact) mass is 783 g/mol. The summed E-state index contributed by atoms with van der Waals surface area (Å²) in [5.41, 5.74) is 18.0. The number of imidazole rings is 2. The predicted molar refractivity (Wildman–Crippen MR) is 220 cm³/mol. The Morgan fingerprint density at radius 2 is 1.75 bits per heavy atom. The lowest BCUT2D eigenvalue weighted by Crippen LogP contribution is -2.58. The number of hydrogen-bond donors (Lipinski definition) is 6. The van der Waals surface area contributed by atoms with Crippen LogP contribution in [0, 0.1) is 11.8 Å². The van der Waals surface area contributed by atoms with Crippen molar-refractivity contribution in [1.29, 1.82) is 0 Å². The summed E-state index contributed by atoms with van der Waals surface area (Å²) >= 11 is 0. The van der Waals surface area contributed by atoms with Crippen LogP contribution >= 0.6 is 0 Å². The molecule has 5 rings (SSSR count). The van der Waals surface area contributed by atoms with Crippen molar-refractivity contribution >= 4 is 40.4 Å². The number of nitrogen functional groups attached to an aromatic ring is 1. The molecule has 3 amide bonds. The van der Waals surface area contributed by atoms with Gasteiger partial charge in [-0.1, -0.05) is 77.0 Å². The Morgan fingerprint density at radius 1 is 1.00 bits per heavy atom. The van der Waals surface area contributed by atoms with Crippen molar-refractivity contribution in [2.45, 2.75) is 135 Å². The third-order valence-electron chi connectivity index (χ3n) is 10.3. The average molecular weight is 784 g/mol. The Morgan fingerprint density at radius 3 is 2.42 bits per heavy atom. The number of amides is 3. The van der Waals surface area contributed by atoms with Gasteiger partial charge in [-0.2, -0.15) is 0 Å². The molecule has 0 saturated heterocycles. The highest BCUT2D eigenvalue weighted by atomic mass is 16.6. The van der Waals surface area contributed by atoms with Gasteiger partial charge < -0.3 is 31.5 Å². The minimum atomic E-state index is -1.14. The number of benzene rings is 2. The molecule has 0 bridgehead atoms. The van der Waals surface area contributed by atoms with Gasteiger partial charge in [0.2, 0.25) is 11.8 Å². The van der Waals surface area contributed by atoms with Crippen molar-refractivity contribution in [3.8, 4) is 0 Å². The number of para-hydroxylation sites is 2. The van der Waals surface area contributed by atoms with Gasteiger partial charge in [0, 0.05) is 24.7 Å². The zero-order valence-corrected chi connectivity index (χ0v) is 34.1. The fraction of sp³-hybridized carbons (Fsp3) is 0.535. The van der Waals surface area contributed by atoms with E-state index in [4.69, 9.17) is 21.2 Å². The molecule has 0 spiro atoms. The Hall–Kier alpha value is -5.24. The molecule has 0 aliphatic heterocycles. The standard InChI is InChI=1S/C43H61N9O5/c1-27(2)21-37(39-48-34-16-10-11-17-35(34)49-39)52(38(53)18-12-9-15-28-13-7-6-8-14-28)51-41(55)36(24-30-25-46-26-47-30)50-40(54)33(45)23-29-19-20-31(32(44)22-29)42(56)57-43(3,4)5/h10-11,16-17,19-20,22,25-28,33,36-37H,6-9,12-15,18,21,23-24,44-45H2,1-5H3,(H,46,47)(H,48,49)(H,50,54)(H,51,55)/t33?,36?,37-/m0/s1. The number of rotatable bonds is 17. The third kappa shape index (κ3) is 12.6. The Labute approximate surface area is 335 Å². The number of aromatic amines is 2. The lowest BCUT2D eigenvalue weighted by molar-refractivity contribution is -0.146. The number of ether oxygens (including phenoxy) is 1. The van der Waals surface area contributed by atoms with Crippen LogP contribution in [0.3, 0.4) is 0 Å². The minimum Gasteiger partial charge on any atom is -0.456 e. The normalized spacial score (nSPS) is 15.2. The van der Waals surface area contributed by atoms with Crippen LogP contribution in [0.2, 0.25) is 0 Å². The van der Waals surface area contributed by atoms with Crippen molar-refractivity contribution in [2.75, 3.05) is 5.73 Å². The zero-order valence-electron chi connectivity index (χ0n) is 34.1. The number of aromatic nitrogens is 4. The highest BCUT2D eigenvalue weighted by molar-refractivity contribution is 5.95. The molecule has 14 heteroatoms. The van der Waals surface area contributed by atoms with Gasteiger partial charge >= 0.3 is 5.97 Å². The molecule has 2 heterocycles. The van der Waals surface area contributed by atoms with Gasteiger partial charge in [-0.05, 0) is 81.7 Å². The topological polar surface area (TPSA) is 214 Å². The number of anilines is 1. The van der Waals surface area contributed by atoms with Crippen molar-refractivity contribution in [3.63, 3.8) is 0 Å². The highest BCUT2D eigenvalue weighted by Crippen LogP contribution is 2.30. The van der Waals surface area contributed by atoms with Crippen LogP contribution in [0.15, 0.2) is 55.0 Å². The molecule has 1 aliphatic rings. The molecule has 0 radical (unpaired) electrons. The first-order valence-electron chi connectivity index (χ1n) is 20.4. The van der Waals surface area contributed by atoms with E-state index >= 15 is 0 Å². The molecule has 57 heavy (non-hydrogen) atoms. The summed E-state index contributed by atoms with van der Waals surface area (Å²) in [4.78, 5) is 70.4. The van der Waals surface area contributed by atoms with Gasteiger partial charge in [0.25, 0.3) is 5.91 Å². The van der Waals surface area contributed by atoms with Gasteiger partial charge in [-0.15, -0.1) is 0 Å². The number of esters is 1. The fourth-order valence-electron chi connectivity index (χ4n) is 7.44. The molecule has 2 aromatic heterocycles. The van der Waals surface area contributed by atoms with Crippen LogP contribution in [0.1, 0.15) is 132 Å². The number of carbonyl (C=O) groups is 4. The predicted octanol–water partition coefficient (Wildman–Crippen LogP) is 6.21. The van der Waals surface area contributed by atoms with Crippen LogP contribution in [-0.4, -0.2) is 66.3 Å². The molecular formula is C43H61N9O5. The van der Waals surface area contributed by atoms with E-state index in [9.17, 15) is 19.2 Å². The summed E-state index contributed by atoms with van der Waals surface area (Å²) in [5, 5.41) is 4.24. The van der Waals surface area contributed by atoms with E-state index in [0.717, 1.165) is 23.9 Å². The lowest BCUT2D eigenvalue weighted by Gasteiger charge is -2.33. The second-order valence-corrected chi connectivity index (χ2v) is 16.8. The first kappa shape index (κ1) is 42.9. The van der Waals surface area contributed by atoms with Gasteiger partial charge in [0.15, 0.2) is 0 Å². The molecule has 1 saturated carbocycles. The Balaban J connectivity index is 1.35. The summed E-state index contributed by atoms with van der Waals surface area (Å²) < 4.78 is 5.45. The maximum Gasteiger partial charge on any atom is 0.340 e. The highest BCUT2D eigenvalue weighted by Gasteiger charge is 2.33. The van der Waals surface area contributed by atoms with Gasteiger partial charge in [0.1, 0.15) is 23.5 Å². The molecule has 3 atom stereocenters. The lowest BCUT2D eigenvalue weighted by atomic mass is 9.85. The number of nitrogens with two attached hydrogens (primary N) is 2. The molecule has 1 fully saturated rings. The van der Waals surface area contributed by atoms with Crippen LogP contribution in [0.5, 0.6) is 0 Å². The quantitative estimate of drug-likeness (QED) is 0.0310. The van der Waals surface area contributed by atoms with E-state index in [1.165, 1.54) is 43.4 Å². The maximum absolute atomic E-state index is 14.4. The number of H-pyrrole nitrogens is 2. The number of unbranched alkanes of at least 4 members (excludes halogenated alkanes) is 1. The number of carbonyl (C=O) groups excluding carboxylic acids is 4. The summed E-state index contributed by atoms with van der Waals surface area (Å²) in [7, 11) is 0. The Kier molecular flexibility index (Phi) is 14.9. The van der Waals surface area contributed by atoms with Crippen molar-refractivity contribution in [2.24, 2.45) is 17.6 Å². The van der Waals surface area contributed by atoms with Gasteiger partial charge in [-0.3, -0.25) is 19.8 Å². The summed E-state index contributed by atoms with van der Waals surface area (Å²) in [6.45, 7) is 9.43. The summed E-state index contributed by atoms with van der Waals surface area (Å²) in [6.07, 6.45) is 13.1. The largest absolute Gasteiger partial charge is 0.456 e. The summed E-state index contributed by atoms with van der Waals surface area (Å²) in [5.74, 6) is -0.544. The number of hydrogen-bond acceptors (Lipinski definition) is 9. The van der Waals surface area contributed by atoms with Crippen molar-refractivity contribution in [1.82, 2.24) is 35.7 Å². The van der Waals surface area contributed by atoms with Crippen LogP contribution in [0.4, 0.5) is 5.69 Å². The number of fused-ring (bicyclic) bond motifs is 1. The second kappa shape index (κ2) is 19.8. The van der Waals surface area contributed by atoms with Crippen molar-refractivity contribution < 1.29 is 23.9 Å². The number of hydrazine groups is 1. The van der Waals surface area contributed by atoms with E-state index < -0.39 is 41.5 Å². The van der Waals surface area contributed by atoms with E-state index in [1.807, 2.05) is 24.3 Å². The molecule has 308 valence electrons. The molecular weight excluding hydrogens is 723 g/mol. The zero-order chi connectivity index (χ0) is 41.1. The molecule has 4 aromatic rings. The first-order valence-corrected chi connectivity index (χ1v) is 20.4. The summed E-state index contributed by atoms with van der Waals surface area (Å²) in [6, 6.07) is 9.65. The number of nitrogens with one attached hydrogen (secondary N) is 4. The van der Waals surface area contributed by atoms with E-state index in [1.54, 1.807) is 45.2 Å². The fourth-order valence-corrected chi connectivity index (χ4v) is 7.44. The smallest absolute Gasteiger partial charge is 0.340 e. The first-order chi connectivity index (χ1) is 27.2. The molecule has 8 N–H and O–H groups in total. The maximum atomic E-state index is 14.4.